The van der Waals surface area contributed by atoms with Crippen molar-refractivity contribution in [3.63, 3.8) is 0 Å². The summed E-state index contributed by atoms with van der Waals surface area (Å²) in [6.07, 6.45) is 1.42. The summed E-state index contributed by atoms with van der Waals surface area (Å²) in [6, 6.07) is 19.8. The molecule has 1 amide bonds. The summed E-state index contributed by atoms with van der Waals surface area (Å²) < 4.78 is 18.5. The molecule has 0 atom stereocenters. The van der Waals surface area contributed by atoms with Crippen molar-refractivity contribution in [2.24, 2.45) is 0 Å². The summed E-state index contributed by atoms with van der Waals surface area (Å²) in [6.45, 7) is 0. The number of carbonyl (C=O) groups is 1. The molecule has 32 heavy (non-hydrogen) atoms. The monoisotopic (exact) mass is 448 g/mol. The minimum atomic E-state index is -0.316. The molecule has 1 aromatic heterocycles. The Morgan fingerprint density at radius 1 is 1.00 bits per heavy atom. The molecule has 1 heterocycles. The van der Waals surface area contributed by atoms with Gasteiger partial charge in [0.05, 0.1) is 18.5 Å². The van der Waals surface area contributed by atoms with Crippen LogP contribution in [0, 0.1) is 5.82 Å². The van der Waals surface area contributed by atoms with Gasteiger partial charge in [0.25, 0.3) is 5.91 Å². The second-order valence-corrected chi connectivity index (χ2v) is 7.24. The van der Waals surface area contributed by atoms with E-state index in [1.807, 2.05) is 6.07 Å². The highest BCUT2D eigenvalue weighted by atomic mass is 35.5. The SMILES string of the molecule is COc1ccc(Cl)cc1NC(=O)c1cccc(Nc2cc(-c3ccc(F)cc3)ncn2)c1. The van der Waals surface area contributed by atoms with Crippen LogP contribution >= 0.6 is 11.6 Å². The third kappa shape index (κ3) is 5.01. The van der Waals surface area contributed by atoms with Crippen LogP contribution in [-0.2, 0) is 0 Å². The Bertz CT molecular complexity index is 1270. The third-order valence-corrected chi connectivity index (χ3v) is 4.85. The van der Waals surface area contributed by atoms with E-state index >= 15 is 0 Å². The maximum Gasteiger partial charge on any atom is 0.255 e. The van der Waals surface area contributed by atoms with E-state index in [0.29, 0.717) is 39.2 Å². The van der Waals surface area contributed by atoms with Crippen molar-refractivity contribution in [2.45, 2.75) is 0 Å². The predicted molar refractivity (Wildman–Crippen MR) is 123 cm³/mol. The van der Waals surface area contributed by atoms with Gasteiger partial charge in [-0.25, -0.2) is 14.4 Å². The van der Waals surface area contributed by atoms with Gasteiger partial charge in [-0.2, -0.15) is 0 Å². The maximum absolute atomic E-state index is 13.2. The molecule has 0 aliphatic heterocycles. The smallest absolute Gasteiger partial charge is 0.255 e. The van der Waals surface area contributed by atoms with Crippen molar-refractivity contribution in [3.8, 4) is 17.0 Å². The third-order valence-electron chi connectivity index (χ3n) is 4.61. The fourth-order valence-electron chi connectivity index (χ4n) is 3.06. The van der Waals surface area contributed by atoms with Crippen molar-refractivity contribution >= 4 is 34.7 Å². The number of benzene rings is 3. The number of nitrogens with one attached hydrogen (secondary N) is 2. The first-order valence-corrected chi connectivity index (χ1v) is 9.99. The van der Waals surface area contributed by atoms with Gasteiger partial charge in [-0.1, -0.05) is 17.7 Å². The van der Waals surface area contributed by atoms with Crippen LogP contribution in [0.4, 0.5) is 21.6 Å². The summed E-state index contributed by atoms with van der Waals surface area (Å²) in [7, 11) is 1.52. The largest absolute Gasteiger partial charge is 0.495 e. The Hall–Kier alpha value is -3.97. The fourth-order valence-corrected chi connectivity index (χ4v) is 3.23. The molecule has 8 heteroatoms. The van der Waals surface area contributed by atoms with Crippen molar-refractivity contribution in [2.75, 3.05) is 17.7 Å². The summed E-state index contributed by atoms with van der Waals surface area (Å²) in [5, 5.41) is 6.46. The molecule has 0 aliphatic carbocycles. The second-order valence-electron chi connectivity index (χ2n) is 6.80. The molecule has 6 nitrogen and oxygen atoms in total. The lowest BCUT2D eigenvalue weighted by atomic mass is 10.1. The van der Waals surface area contributed by atoms with E-state index in [0.717, 1.165) is 5.56 Å². The van der Waals surface area contributed by atoms with Crippen LogP contribution in [0.3, 0.4) is 0 Å². The Kier molecular flexibility index (Phi) is 6.28. The average molecular weight is 449 g/mol. The van der Waals surface area contributed by atoms with Gasteiger partial charge in [0, 0.05) is 27.9 Å². The first kappa shape index (κ1) is 21.3. The highest BCUT2D eigenvalue weighted by Crippen LogP contribution is 2.28. The van der Waals surface area contributed by atoms with E-state index in [-0.39, 0.29) is 11.7 Å². The zero-order valence-electron chi connectivity index (χ0n) is 17.0. The molecule has 0 unspecified atom stereocenters. The molecule has 0 radical (unpaired) electrons. The van der Waals surface area contributed by atoms with Crippen molar-refractivity contribution in [1.29, 1.82) is 0 Å². The summed E-state index contributed by atoms with van der Waals surface area (Å²) in [5.74, 6) is 0.412. The Balaban J connectivity index is 1.52. The molecule has 0 aliphatic rings. The molecule has 0 fully saturated rings. The maximum atomic E-state index is 13.2. The van der Waals surface area contributed by atoms with Gasteiger partial charge in [0.1, 0.15) is 23.7 Å². The van der Waals surface area contributed by atoms with Crippen LogP contribution in [0.25, 0.3) is 11.3 Å². The van der Waals surface area contributed by atoms with Crippen molar-refractivity contribution in [1.82, 2.24) is 9.97 Å². The Morgan fingerprint density at radius 2 is 1.81 bits per heavy atom. The van der Waals surface area contributed by atoms with Gasteiger partial charge in [0.15, 0.2) is 0 Å². The van der Waals surface area contributed by atoms with E-state index in [2.05, 4.69) is 20.6 Å². The summed E-state index contributed by atoms with van der Waals surface area (Å²) >= 11 is 6.04. The average Bonchev–Trinajstić information content (AvgIpc) is 2.80. The number of nitrogens with zero attached hydrogens (tertiary/aromatic N) is 2. The topological polar surface area (TPSA) is 76.1 Å². The summed E-state index contributed by atoms with van der Waals surface area (Å²) in [4.78, 5) is 21.2. The minimum absolute atomic E-state index is 0.313. The normalized spacial score (nSPS) is 10.5. The number of anilines is 3. The zero-order chi connectivity index (χ0) is 22.5. The first-order chi connectivity index (χ1) is 15.5. The number of methoxy groups -OCH3 is 1. The van der Waals surface area contributed by atoms with Crippen LogP contribution in [0.5, 0.6) is 5.75 Å². The lowest BCUT2D eigenvalue weighted by Gasteiger charge is -2.12. The van der Waals surface area contributed by atoms with E-state index in [9.17, 15) is 9.18 Å². The number of hydrogen-bond acceptors (Lipinski definition) is 5. The van der Waals surface area contributed by atoms with Crippen LogP contribution < -0.4 is 15.4 Å². The lowest BCUT2D eigenvalue weighted by molar-refractivity contribution is 0.102. The van der Waals surface area contributed by atoms with Gasteiger partial charge in [-0.05, 0) is 60.7 Å². The number of hydrogen-bond donors (Lipinski definition) is 2. The Morgan fingerprint density at radius 3 is 2.59 bits per heavy atom. The molecule has 0 bridgehead atoms. The fraction of sp³-hybridized carbons (Fsp3) is 0.0417. The molecule has 160 valence electrons. The van der Waals surface area contributed by atoms with Gasteiger partial charge in [0.2, 0.25) is 0 Å². The lowest BCUT2D eigenvalue weighted by Crippen LogP contribution is -2.13. The van der Waals surface area contributed by atoms with Crippen LogP contribution in [0.1, 0.15) is 10.4 Å². The molecular formula is C24H18ClFN4O2. The predicted octanol–water partition coefficient (Wildman–Crippen LogP) is 5.94. The van der Waals surface area contributed by atoms with Crippen LogP contribution in [-0.4, -0.2) is 23.0 Å². The van der Waals surface area contributed by atoms with Gasteiger partial charge in [-0.15, -0.1) is 0 Å². The van der Waals surface area contributed by atoms with E-state index in [1.54, 1.807) is 54.6 Å². The molecule has 3 aromatic carbocycles. The number of rotatable bonds is 6. The quantitative estimate of drug-likeness (QED) is 0.381. The number of carbonyl (C=O) groups excluding carboxylic acids is 1. The Labute approximate surface area is 189 Å². The van der Waals surface area contributed by atoms with Crippen LogP contribution in [0.2, 0.25) is 5.02 Å². The van der Waals surface area contributed by atoms with Gasteiger partial charge < -0.3 is 15.4 Å². The molecule has 4 rings (SSSR count). The molecule has 4 aromatic rings. The van der Waals surface area contributed by atoms with E-state index in [1.165, 1.54) is 25.6 Å². The van der Waals surface area contributed by atoms with Crippen LogP contribution in [0.15, 0.2) is 79.1 Å². The molecule has 0 saturated carbocycles. The minimum Gasteiger partial charge on any atom is -0.495 e. The van der Waals surface area contributed by atoms with Crippen molar-refractivity contribution in [3.05, 3.63) is 95.5 Å². The number of ether oxygens (including phenoxy) is 1. The summed E-state index contributed by atoms with van der Waals surface area (Å²) in [5.41, 5.74) is 2.98. The highest BCUT2D eigenvalue weighted by Gasteiger charge is 2.11. The molecular weight excluding hydrogens is 431 g/mol. The van der Waals surface area contributed by atoms with Gasteiger partial charge in [-0.3, -0.25) is 4.79 Å². The standard InChI is InChI=1S/C24H18ClFN4O2/c1-32-22-10-7-17(25)12-21(22)30-24(31)16-3-2-4-19(11-16)29-23-13-20(27-14-28-23)15-5-8-18(26)9-6-15/h2-14H,1H3,(H,30,31)(H,27,28,29). The molecule has 0 saturated heterocycles. The van der Waals surface area contributed by atoms with Gasteiger partial charge >= 0.3 is 0 Å². The first-order valence-electron chi connectivity index (χ1n) is 9.62. The van der Waals surface area contributed by atoms with Crippen molar-refractivity contribution < 1.29 is 13.9 Å². The number of halogens is 2. The molecule has 0 spiro atoms. The highest BCUT2D eigenvalue weighted by molar-refractivity contribution is 6.31. The number of aromatic nitrogens is 2. The van der Waals surface area contributed by atoms with E-state index < -0.39 is 0 Å². The molecule has 2 N–H and O–H groups in total. The van der Waals surface area contributed by atoms with E-state index in [4.69, 9.17) is 16.3 Å². The second kappa shape index (κ2) is 9.45. The number of amides is 1. The zero-order valence-corrected chi connectivity index (χ0v) is 17.7.